The first-order valence-corrected chi connectivity index (χ1v) is 7.90. The topological polar surface area (TPSA) is 58.2 Å². The molecule has 0 spiro atoms. The van der Waals surface area contributed by atoms with Crippen LogP contribution in [0.3, 0.4) is 0 Å². The van der Waals surface area contributed by atoms with Gasteiger partial charge in [0.15, 0.2) is 0 Å². The van der Waals surface area contributed by atoms with E-state index in [9.17, 15) is 9.59 Å². The fourth-order valence-electron chi connectivity index (χ4n) is 2.05. The Morgan fingerprint density at radius 3 is 2.70 bits per heavy atom. The zero-order valence-corrected chi connectivity index (χ0v) is 12.6. The summed E-state index contributed by atoms with van der Waals surface area (Å²) in [4.78, 5) is 23.5. The van der Waals surface area contributed by atoms with Crippen LogP contribution in [0.5, 0.6) is 0 Å². The molecule has 0 aromatic heterocycles. The Kier molecular flexibility index (Phi) is 5.06. The van der Waals surface area contributed by atoms with Crippen molar-refractivity contribution < 1.29 is 9.59 Å². The van der Waals surface area contributed by atoms with Crippen molar-refractivity contribution in [1.82, 2.24) is 5.32 Å². The lowest BCUT2D eigenvalue weighted by atomic mass is 10.0. The summed E-state index contributed by atoms with van der Waals surface area (Å²) in [5, 5.41) is 5.36. The number of hydrogen-bond donors (Lipinski definition) is 2. The summed E-state index contributed by atoms with van der Waals surface area (Å²) in [7, 11) is 0. The zero-order chi connectivity index (χ0) is 14.5. The van der Waals surface area contributed by atoms with Crippen molar-refractivity contribution in [3.8, 4) is 0 Å². The minimum atomic E-state index is -0.265. The highest BCUT2D eigenvalue weighted by atomic mass is 32.2. The minimum Gasteiger partial charge on any atom is -0.354 e. The molecule has 1 aromatic rings. The number of benzene rings is 1. The Labute approximate surface area is 123 Å². The van der Waals surface area contributed by atoms with Crippen molar-refractivity contribution in [3.05, 3.63) is 29.8 Å². The van der Waals surface area contributed by atoms with Crippen molar-refractivity contribution in [2.45, 2.75) is 31.4 Å². The summed E-state index contributed by atoms with van der Waals surface area (Å²) in [6.07, 6.45) is 0.225. The van der Waals surface area contributed by atoms with Crippen LogP contribution in [0, 0.1) is 0 Å². The molecule has 1 atom stereocenters. The van der Waals surface area contributed by atoms with Crippen LogP contribution < -0.4 is 10.6 Å². The molecule has 0 aliphatic carbocycles. The van der Waals surface area contributed by atoms with Gasteiger partial charge in [0.05, 0.1) is 5.25 Å². The number of amides is 2. The van der Waals surface area contributed by atoms with E-state index in [4.69, 9.17) is 0 Å². The lowest BCUT2D eigenvalue weighted by molar-refractivity contribution is -0.123. The SMILES string of the molecule is CC(C)c1ccc(NC(=O)CC2SCCNC2=O)cc1. The minimum absolute atomic E-state index is 0.0356. The van der Waals surface area contributed by atoms with Gasteiger partial charge in [-0.3, -0.25) is 9.59 Å². The number of rotatable bonds is 4. The lowest BCUT2D eigenvalue weighted by Gasteiger charge is -2.20. The predicted molar refractivity (Wildman–Crippen MR) is 83.0 cm³/mol. The summed E-state index contributed by atoms with van der Waals surface area (Å²) in [5.74, 6) is 1.19. The van der Waals surface area contributed by atoms with Gasteiger partial charge in [0, 0.05) is 24.4 Å². The van der Waals surface area contributed by atoms with Gasteiger partial charge in [0.1, 0.15) is 0 Å². The van der Waals surface area contributed by atoms with Gasteiger partial charge >= 0.3 is 0 Å². The van der Waals surface area contributed by atoms with E-state index in [1.807, 2.05) is 24.3 Å². The Hall–Kier alpha value is -1.49. The number of hydrogen-bond acceptors (Lipinski definition) is 3. The molecule has 0 radical (unpaired) electrons. The molecule has 1 saturated heterocycles. The Balaban J connectivity index is 1.89. The number of anilines is 1. The first-order chi connectivity index (χ1) is 9.56. The lowest BCUT2D eigenvalue weighted by Crippen LogP contribution is -2.40. The Bertz CT molecular complexity index is 485. The molecular formula is C15H20N2O2S. The molecule has 2 N–H and O–H groups in total. The van der Waals surface area contributed by atoms with Gasteiger partial charge in [0.25, 0.3) is 0 Å². The van der Waals surface area contributed by atoms with Gasteiger partial charge in [-0.25, -0.2) is 0 Å². The van der Waals surface area contributed by atoms with Gasteiger partial charge in [0.2, 0.25) is 11.8 Å². The van der Waals surface area contributed by atoms with Crippen molar-refractivity contribution >= 4 is 29.3 Å². The second-order valence-electron chi connectivity index (χ2n) is 5.18. The molecule has 2 amide bonds. The summed E-state index contributed by atoms with van der Waals surface area (Å²) in [6.45, 7) is 4.96. The molecule has 1 aromatic carbocycles. The van der Waals surface area contributed by atoms with E-state index in [0.29, 0.717) is 12.5 Å². The van der Waals surface area contributed by atoms with Gasteiger partial charge in [-0.1, -0.05) is 26.0 Å². The molecule has 1 unspecified atom stereocenters. The number of carbonyl (C=O) groups is 2. The summed E-state index contributed by atoms with van der Waals surface area (Å²) < 4.78 is 0. The highest BCUT2D eigenvalue weighted by Gasteiger charge is 2.25. The molecule has 5 heteroatoms. The van der Waals surface area contributed by atoms with Crippen LogP contribution in [0.2, 0.25) is 0 Å². The van der Waals surface area contributed by atoms with E-state index < -0.39 is 0 Å². The van der Waals surface area contributed by atoms with E-state index in [0.717, 1.165) is 11.4 Å². The number of thioether (sulfide) groups is 1. The first kappa shape index (κ1) is 14.9. The van der Waals surface area contributed by atoms with E-state index in [-0.39, 0.29) is 23.5 Å². The van der Waals surface area contributed by atoms with E-state index in [1.165, 1.54) is 5.56 Å². The third kappa shape index (κ3) is 4.00. The van der Waals surface area contributed by atoms with Gasteiger partial charge in [-0.15, -0.1) is 11.8 Å². The molecule has 108 valence electrons. The number of carbonyl (C=O) groups excluding carboxylic acids is 2. The van der Waals surface area contributed by atoms with Crippen LogP contribution in [0.1, 0.15) is 31.7 Å². The van der Waals surface area contributed by atoms with E-state index in [2.05, 4.69) is 24.5 Å². The van der Waals surface area contributed by atoms with Gasteiger partial charge in [-0.05, 0) is 23.6 Å². The highest BCUT2D eigenvalue weighted by Crippen LogP contribution is 2.20. The van der Waals surface area contributed by atoms with Crippen LogP contribution in [-0.2, 0) is 9.59 Å². The Morgan fingerprint density at radius 1 is 1.40 bits per heavy atom. The molecule has 2 rings (SSSR count). The zero-order valence-electron chi connectivity index (χ0n) is 11.8. The summed E-state index contributed by atoms with van der Waals surface area (Å²) >= 11 is 1.54. The maximum atomic E-state index is 11.9. The second-order valence-corrected chi connectivity index (χ2v) is 6.49. The third-order valence-corrected chi connectivity index (χ3v) is 4.47. The summed E-state index contributed by atoms with van der Waals surface area (Å²) in [6, 6.07) is 7.84. The molecule has 1 aliphatic rings. The normalized spacial score (nSPS) is 18.8. The monoisotopic (exact) mass is 292 g/mol. The molecule has 0 saturated carbocycles. The average Bonchev–Trinajstić information content (AvgIpc) is 2.42. The van der Waals surface area contributed by atoms with Gasteiger partial charge in [-0.2, -0.15) is 0 Å². The largest absolute Gasteiger partial charge is 0.354 e. The summed E-state index contributed by atoms with van der Waals surface area (Å²) in [5.41, 5.74) is 2.02. The molecule has 4 nitrogen and oxygen atoms in total. The van der Waals surface area contributed by atoms with Gasteiger partial charge < -0.3 is 10.6 Å². The van der Waals surface area contributed by atoms with E-state index in [1.54, 1.807) is 11.8 Å². The standard InChI is InChI=1S/C15H20N2O2S/c1-10(2)11-3-5-12(6-4-11)17-14(18)9-13-15(19)16-7-8-20-13/h3-6,10,13H,7-9H2,1-2H3,(H,16,19)(H,17,18). The van der Waals surface area contributed by atoms with Crippen molar-refractivity contribution in [3.63, 3.8) is 0 Å². The highest BCUT2D eigenvalue weighted by molar-refractivity contribution is 8.00. The number of nitrogens with one attached hydrogen (secondary N) is 2. The molecule has 1 heterocycles. The molecule has 1 fully saturated rings. The maximum absolute atomic E-state index is 11.9. The van der Waals surface area contributed by atoms with Crippen molar-refractivity contribution in [2.75, 3.05) is 17.6 Å². The van der Waals surface area contributed by atoms with Crippen molar-refractivity contribution in [2.24, 2.45) is 0 Å². The predicted octanol–water partition coefficient (Wildman–Crippen LogP) is 2.37. The molecule has 0 bridgehead atoms. The Morgan fingerprint density at radius 2 is 2.10 bits per heavy atom. The second kappa shape index (κ2) is 6.79. The average molecular weight is 292 g/mol. The first-order valence-electron chi connectivity index (χ1n) is 6.85. The fourth-order valence-corrected chi connectivity index (χ4v) is 3.06. The maximum Gasteiger partial charge on any atom is 0.233 e. The molecule has 20 heavy (non-hydrogen) atoms. The quantitative estimate of drug-likeness (QED) is 0.895. The molecular weight excluding hydrogens is 272 g/mol. The molecule has 1 aliphatic heterocycles. The van der Waals surface area contributed by atoms with Crippen molar-refractivity contribution in [1.29, 1.82) is 0 Å². The van der Waals surface area contributed by atoms with Crippen LogP contribution in [0.25, 0.3) is 0 Å². The third-order valence-electron chi connectivity index (χ3n) is 3.24. The van der Waals surface area contributed by atoms with Crippen LogP contribution in [0.4, 0.5) is 5.69 Å². The van der Waals surface area contributed by atoms with Crippen LogP contribution >= 0.6 is 11.8 Å². The fraction of sp³-hybridized carbons (Fsp3) is 0.467. The smallest absolute Gasteiger partial charge is 0.233 e. The van der Waals surface area contributed by atoms with Crippen LogP contribution in [0.15, 0.2) is 24.3 Å². The van der Waals surface area contributed by atoms with E-state index >= 15 is 0 Å². The van der Waals surface area contributed by atoms with Crippen LogP contribution in [-0.4, -0.2) is 29.4 Å².